The molecular weight excluding hydrogens is 212 g/mol. The van der Waals surface area contributed by atoms with Gasteiger partial charge < -0.3 is 10.5 Å². The van der Waals surface area contributed by atoms with Gasteiger partial charge in [-0.05, 0) is 18.1 Å². The van der Waals surface area contributed by atoms with Gasteiger partial charge >= 0.3 is 0 Å². The fourth-order valence-corrected chi connectivity index (χ4v) is 2.44. The fourth-order valence-electron chi connectivity index (χ4n) is 2.44. The first-order chi connectivity index (χ1) is 8.31. The molecule has 0 radical (unpaired) electrons. The van der Waals surface area contributed by atoms with Crippen LogP contribution in [0.3, 0.4) is 0 Å². The van der Waals surface area contributed by atoms with Crippen LogP contribution in [0.2, 0.25) is 0 Å². The molecule has 3 nitrogen and oxygen atoms in total. The number of hydrogen-bond donors (Lipinski definition) is 1. The molecule has 2 rings (SSSR count). The summed E-state index contributed by atoms with van der Waals surface area (Å²) in [4.78, 5) is 2.45. The summed E-state index contributed by atoms with van der Waals surface area (Å²) in [6.45, 7) is 7.69. The second-order valence-corrected chi connectivity index (χ2v) is 4.70. The van der Waals surface area contributed by atoms with Crippen molar-refractivity contribution in [2.75, 3.05) is 39.4 Å². The van der Waals surface area contributed by atoms with Crippen LogP contribution in [0.5, 0.6) is 0 Å². The highest BCUT2D eigenvalue weighted by molar-refractivity contribution is 5.29. The zero-order valence-electron chi connectivity index (χ0n) is 10.6. The monoisotopic (exact) mass is 234 g/mol. The number of ether oxygens (including phenoxy) is 1. The first-order valence-electron chi connectivity index (χ1n) is 6.37. The number of rotatable bonds is 4. The normalized spacial score (nSPS) is 19.2. The summed E-state index contributed by atoms with van der Waals surface area (Å²) < 4.78 is 5.37. The molecule has 2 N–H and O–H groups in total. The minimum absolute atomic E-state index is 0.439. The molecule has 17 heavy (non-hydrogen) atoms. The topological polar surface area (TPSA) is 38.5 Å². The lowest BCUT2D eigenvalue weighted by atomic mass is 9.94. The Morgan fingerprint density at radius 2 is 2.00 bits per heavy atom. The largest absolute Gasteiger partial charge is 0.379 e. The lowest BCUT2D eigenvalue weighted by Gasteiger charge is -2.30. The van der Waals surface area contributed by atoms with Crippen LogP contribution in [0.25, 0.3) is 0 Å². The molecule has 0 spiro atoms. The maximum atomic E-state index is 5.93. The van der Waals surface area contributed by atoms with Gasteiger partial charge in [-0.2, -0.15) is 0 Å². The molecular formula is C14H22N2O. The Morgan fingerprint density at radius 3 is 2.65 bits per heavy atom. The van der Waals surface area contributed by atoms with Gasteiger partial charge in [0.25, 0.3) is 0 Å². The summed E-state index contributed by atoms with van der Waals surface area (Å²) >= 11 is 0. The van der Waals surface area contributed by atoms with Gasteiger partial charge in [0.05, 0.1) is 13.2 Å². The Hall–Kier alpha value is -0.900. The molecule has 0 aromatic heterocycles. The van der Waals surface area contributed by atoms with Gasteiger partial charge in [0.15, 0.2) is 0 Å². The summed E-state index contributed by atoms with van der Waals surface area (Å²) in [5, 5.41) is 0. The summed E-state index contributed by atoms with van der Waals surface area (Å²) in [6, 6.07) is 8.55. The number of nitrogens with two attached hydrogens (primary N) is 1. The molecule has 0 saturated carbocycles. The highest BCUT2D eigenvalue weighted by Gasteiger charge is 2.18. The average Bonchev–Trinajstić information content (AvgIpc) is 2.38. The van der Waals surface area contributed by atoms with Crippen molar-refractivity contribution >= 4 is 0 Å². The van der Waals surface area contributed by atoms with E-state index in [-0.39, 0.29) is 0 Å². The van der Waals surface area contributed by atoms with Gasteiger partial charge in [0.2, 0.25) is 0 Å². The zero-order chi connectivity index (χ0) is 12.1. The first-order valence-corrected chi connectivity index (χ1v) is 6.37. The van der Waals surface area contributed by atoms with Crippen LogP contribution in [-0.4, -0.2) is 44.3 Å². The van der Waals surface area contributed by atoms with Crippen molar-refractivity contribution in [1.29, 1.82) is 0 Å². The Labute approximate surface area is 104 Å². The predicted molar refractivity (Wildman–Crippen MR) is 70.2 cm³/mol. The lowest BCUT2D eigenvalue weighted by Crippen LogP contribution is -2.40. The lowest BCUT2D eigenvalue weighted by molar-refractivity contribution is 0.0353. The Bertz CT molecular complexity index is 348. The fraction of sp³-hybridized carbons (Fsp3) is 0.571. The smallest absolute Gasteiger partial charge is 0.0594 e. The molecule has 1 unspecified atom stereocenters. The van der Waals surface area contributed by atoms with Crippen LogP contribution in [-0.2, 0) is 4.74 Å². The second-order valence-electron chi connectivity index (χ2n) is 4.70. The average molecular weight is 234 g/mol. The van der Waals surface area contributed by atoms with Crippen LogP contribution < -0.4 is 5.73 Å². The molecule has 1 atom stereocenters. The van der Waals surface area contributed by atoms with Crippen molar-refractivity contribution in [3.8, 4) is 0 Å². The van der Waals surface area contributed by atoms with E-state index < -0.39 is 0 Å². The SMILES string of the molecule is Cc1ccccc1C(CN)CN1CCOCC1. The van der Waals surface area contributed by atoms with Crippen LogP contribution in [0, 0.1) is 6.92 Å². The van der Waals surface area contributed by atoms with E-state index in [0.717, 1.165) is 32.8 Å². The van der Waals surface area contributed by atoms with E-state index >= 15 is 0 Å². The molecule has 1 aliphatic heterocycles. The van der Waals surface area contributed by atoms with Gasteiger partial charge in [0.1, 0.15) is 0 Å². The van der Waals surface area contributed by atoms with E-state index in [9.17, 15) is 0 Å². The van der Waals surface area contributed by atoms with Crippen molar-refractivity contribution in [1.82, 2.24) is 4.90 Å². The molecule has 1 aliphatic rings. The highest BCUT2D eigenvalue weighted by Crippen LogP contribution is 2.20. The number of hydrogen-bond acceptors (Lipinski definition) is 3. The third-order valence-electron chi connectivity index (χ3n) is 3.50. The van der Waals surface area contributed by atoms with E-state index in [4.69, 9.17) is 10.5 Å². The maximum Gasteiger partial charge on any atom is 0.0594 e. The van der Waals surface area contributed by atoms with E-state index in [1.807, 2.05) is 0 Å². The Balaban J connectivity index is 2.03. The van der Waals surface area contributed by atoms with Crippen molar-refractivity contribution < 1.29 is 4.74 Å². The Morgan fingerprint density at radius 1 is 1.29 bits per heavy atom. The zero-order valence-corrected chi connectivity index (χ0v) is 10.6. The molecule has 1 fully saturated rings. The third-order valence-corrected chi connectivity index (χ3v) is 3.50. The molecule has 1 heterocycles. The molecule has 1 saturated heterocycles. The van der Waals surface area contributed by atoms with Crippen LogP contribution in [0.1, 0.15) is 17.0 Å². The molecule has 1 aromatic carbocycles. The summed E-state index contributed by atoms with van der Waals surface area (Å²) in [7, 11) is 0. The number of morpholine rings is 1. The molecule has 94 valence electrons. The molecule has 0 bridgehead atoms. The van der Waals surface area contributed by atoms with E-state index in [0.29, 0.717) is 12.5 Å². The third kappa shape index (κ3) is 3.28. The van der Waals surface area contributed by atoms with E-state index in [1.165, 1.54) is 11.1 Å². The Kier molecular flexibility index (Phi) is 4.54. The minimum Gasteiger partial charge on any atom is -0.379 e. The van der Waals surface area contributed by atoms with E-state index in [2.05, 4.69) is 36.1 Å². The molecule has 3 heteroatoms. The predicted octanol–water partition coefficient (Wildman–Crippen LogP) is 1.37. The standard InChI is InChI=1S/C14H22N2O/c1-12-4-2-3-5-14(12)13(10-15)11-16-6-8-17-9-7-16/h2-5,13H,6-11,15H2,1H3. The maximum absolute atomic E-state index is 5.93. The van der Waals surface area contributed by atoms with Crippen molar-refractivity contribution in [2.24, 2.45) is 5.73 Å². The van der Waals surface area contributed by atoms with Crippen molar-refractivity contribution in [3.05, 3.63) is 35.4 Å². The van der Waals surface area contributed by atoms with Crippen LogP contribution in [0.4, 0.5) is 0 Å². The summed E-state index contributed by atoms with van der Waals surface area (Å²) in [5.74, 6) is 0.439. The van der Waals surface area contributed by atoms with Crippen molar-refractivity contribution in [2.45, 2.75) is 12.8 Å². The van der Waals surface area contributed by atoms with Gasteiger partial charge in [-0.1, -0.05) is 24.3 Å². The molecule has 0 aliphatic carbocycles. The van der Waals surface area contributed by atoms with Gasteiger partial charge in [-0.15, -0.1) is 0 Å². The van der Waals surface area contributed by atoms with Crippen LogP contribution in [0.15, 0.2) is 24.3 Å². The summed E-state index contributed by atoms with van der Waals surface area (Å²) in [5.41, 5.74) is 8.67. The van der Waals surface area contributed by atoms with Crippen LogP contribution >= 0.6 is 0 Å². The van der Waals surface area contributed by atoms with Gasteiger partial charge in [-0.25, -0.2) is 0 Å². The molecule has 1 aromatic rings. The second kappa shape index (κ2) is 6.15. The highest BCUT2D eigenvalue weighted by atomic mass is 16.5. The quantitative estimate of drug-likeness (QED) is 0.855. The number of nitrogens with zero attached hydrogens (tertiary/aromatic N) is 1. The van der Waals surface area contributed by atoms with Gasteiger partial charge in [0, 0.05) is 32.1 Å². The van der Waals surface area contributed by atoms with E-state index in [1.54, 1.807) is 0 Å². The number of aryl methyl sites for hydroxylation is 1. The minimum atomic E-state index is 0.439. The molecule has 0 amide bonds. The first kappa shape index (κ1) is 12.6. The number of benzene rings is 1. The summed E-state index contributed by atoms with van der Waals surface area (Å²) in [6.07, 6.45) is 0. The van der Waals surface area contributed by atoms with Gasteiger partial charge in [-0.3, -0.25) is 4.90 Å². The van der Waals surface area contributed by atoms with Crippen molar-refractivity contribution in [3.63, 3.8) is 0 Å².